The van der Waals surface area contributed by atoms with E-state index in [4.69, 9.17) is 21.1 Å². The average molecular weight is 257 g/mol. The van der Waals surface area contributed by atoms with E-state index in [-0.39, 0.29) is 0 Å². The fourth-order valence-electron chi connectivity index (χ4n) is 1.49. The van der Waals surface area contributed by atoms with Crippen molar-refractivity contribution in [2.45, 2.75) is 25.7 Å². The van der Waals surface area contributed by atoms with E-state index in [1.807, 2.05) is 30.3 Å². The zero-order chi connectivity index (χ0) is 12.2. The van der Waals surface area contributed by atoms with Gasteiger partial charge in [0.15, 0.2) is 0 Å². The van der Waals surface area contributed by atoms with Gasteiger partial charge in [-0.1, -0.05) is 31.0 Å². The van der Waals surface area contributed by atoms with Gasteiger partial charge in [-0.2, -0.15) is 0 Å². The van der Waals surface area contributed by atoms with Crippen molar-refractivity contribution in [3.05, 3.63) is 30.3 Å². The molecule has 0 aliphatic heterocycles. The Balaban J connectivity index is 1.85. The largest absolute Gasteiger partial charge is 0.491 e. The number of halogens is 1. The van der Waals surface area contributed by atoms with E-state index in [1.165, 1.54) is 12.8 Å². The Morgan fingerprint density at radius 1 is 0.824 bits per heavy atom. The van der Waals surface area contributed by atoms with E-state index in [0.29, 0.717) is 13.2 Å². The Bertz CT molecular complexity index is 264. The molecule has 0 radical (unpaired) electrons. The first-order chi connectivity index (χ1) is 8.43. The number of unbranched alkanes of at least 4 members (excludes halogenated alkanes) is 3. The molecule has 17 heavy (non-hydrogen) atoms. The molecule has 0 saturated heterocycles. The van der Waals surface area contributed by atoms with Crippen molar-refractivity contribution in [3.63, 3.8) is 0 Å². The Hall–Kier alpha value is -0.730. The molecular formula is C14H21ClO2. The third kappa shape index (κ3) is 8.06. The SMILES string of the molecule is ClCCCCCCOCCOc1ccccc1. The summed E-state index contributed by atoms with van der Waals surface area (Å²) in [7, 11) is 0. The first-order valence-corrected chi connectivity index (χ1v) is 6.78. The van der Waals surface area contributed by atoms with Crippen LogP contribution in [0.4, 0.5) is 0 Å². The summed E-state index contributed by atoms with van der Waals surface area (Å²) in [6, 6.07) is 9.81. The highest BCUT2D eigenvalue weighted by Crippen LogP contribution is 2.07. The van der Waals surface area contributed by atoms with Crippen molar-refractivity contribution < 1.29 is 9.47 Å². The molecule has 0 unspecified atom stereocenters. The number of alkyl halides is 1. The summed E-state index contributed by atoms with van der Waals surface area (Å²) in [6.07, 6.45) is 4.63. The quantitative estimate of drug-likeness (QED) is 0.467. The van der Waals surface area contributed by atoms with Gasteiger partial charge < -0.3 is 9.47 Å². The highest BCUT2D eigenvalue weighted by molar-refractivity contribution is 6.17. The smallest absolute Gasteiger partial charge is 0.119 e. The van der Waals surface area contributed by atoms with Crippen LogP contribution in [0.3, 0.4) is 0 Å². The van der Waals surface area contributed by atoms with Crippen molar-refractivity contribution in [2.75, 3.05) is 25.7 Å². The van der Waals surface area contributed by atoms with Crippen LogP contribution in [-0.2, 0) is 4.74 Å². The number of benzene rings is 1. The van der Waals surface area contributed by atoms with Crippen LogP contribution in [0.2, 0.25) is 0 Å². The van der Waals surface area contributed by atoms with Crippen molar-refractivity contribution in [1.29, 1.82) is 0 Å². The molecular weight excluding hydrogens is 236 g/mol. The molecule has 1 aromatic rings. The summed E-state index contributed by atoms with van der Waals surface area (Å²) in [5.41, 5.74) is 0. The van der Waals surface area contributed by atoms with Gasteiger partial charge in [0.25, 0.3) is 0 Å². The molecule has 3 heteroatoms. The Morgan fingerprint density at radius 2 is 1.59 bits per heavy atom. The minimum absolute atomic E-state index is 0.617. The van der Waals surface area contributed by atoms with Crippen LogP contribution in [0.15, 0.2) is 30.3 Å². The normalized spacial score (nSPS) is 10.4. The van der Waals surface area contributed by atoms with Gasteiger partial charge in [0.2, 0.25) is 0 Å². The predicted octanol–water partition coefficient (Wildman–Crippen LogP) is 3.88. The number of hydrogen-bond donors (Lipinski definition) is 0. The fraction of sp³-hybridized carbons (Fsp3) is 0.571. The van der Waals surface area contributed by atoms with Crippen LogP contribution < -0.4 is 4.74 Å². The summed E-state index contributed by atoms with van der Waals surface area (Å²) in [4.78, 5) is 0. The number of rotatable bonds is 10. The van der Waals surface area contributed by atoms with E-state index in [9.17, 15) is 0 Å². The van der Waals surface area contributed by atoms with Crippen LogP contribution in [-0.4, -0.2) is 25.7 Å². The minimum Gasteiger partial charge on any atom is -0.491 e. The molecule has 0 spiro atoms. The van der Waals surface area contributed by atoms with E-state index < -0.39 is 0 Å². The van der Waals surface area contributed by atoms with Gasteiger partial charge in [0.05, 0.1) is 6.61 Å². The maximum atomic E-state index is 5.59. The molecule has 0 atom stereocenters. The molecule has 0 aliphatic carbocycles. The monoisotopic (exact) mass is 256 g/mol. The maximum absolute atomic E-state index is 5.59. The summed E-state index contributed by atoms with van der Waals surface area (Å²) in [6.45, 7) is 2.09. The van der Waals surface area contributed by atoms with Gasteiger partial charge >= 0.3 is 0 Å². The van der Waals surface area contributed by atoms with E-state index >= 15 is 0 Å². The van der Waals surface area contributed by atoms with Gasteiger partial charge in [0.1, 0.15) is 12.4 Å². The van der Waals surface area contributed by atoms with E-state index in [2.05, 4.69) is 0 Å². The lowest BCUT2D eigenvalue weighted by molar-refractivity contribution is 0.0971. The van der Waals surface area contributed by atoms with E-state index in [1.54, 1.807) is 0 Å². The molecule has 0 aromatic heterocycles. The minimum atomic E-state index is 0.617. The van der Waals surface area contributed by atoms with Gasteiger partial charge in [-0.25, -0.2) is 0 Å². The first-order valence-electron chi connectivity index (χ1n) is 6.25. The maximum Gasteiger partial charge on any atom is 0.119 e. The summed E-state index contributed by atoms with van der Waals surface area (Å²) in [5, 5.41) is 0. The standard InChI is InChI=1S/C14H21ClO2/c15-10-6-1-2-7-11-16-12-13-17-14-8-4-3-5-9-14/h3-5,8-9H,1-2,6-7,10-13H2. The highest BCUT2D eigenvalue weighted by atomic mass is 35.5. The number of para-hydroxylation sites is 1. The number of ether oxygens (including phenoxy) is 2. The second kappa shape index (κ2) is 10.4. The van der Waals surface area contributed by atoms with Crippen LogP contribution in [0.25, 0.3) is 0 Å². The molecule has 0 aliphatic rings. The Kier molecular flexibility index (Phi) is 8.79. The first kappa shape index (κ1) is 14.3. The molecule has 96 valence electrons. The molecule has 2 nitrogen and oxygen atoms in total. The van der Waals surface area contributed by atoms with Crippen molar-refractivity contribution >= 4 is 11.6 Å². The molecule has 0 fully saturated rings. The topological polar surface area (TPSA) is 18.5 Å². The van der Waals surface area contributed by atoms with Gasteiger partial charge in [-0.3, -0.25) is 0 Å². The van der Waals surface area contributed by atoms with Crippen LogP contribution in [0.5, 0.6) is 5.75 Å². The lowest BCUT2D eigenvalue weighted by Crippen LogP contribution is -2.07. The second-order valence-corrected chi connectivity index (χ2v) is 4.26. The lowest BCUT2D eigenvalue weighted by Gasteiger charge is -2.06. The second-order valence-electron chi connectivity index (χ2n) is 3.88. The highest BCUT2D eigenvalue weighted by Gasteiger charge is 1.93. The summed E-state index contributed by atoms with van der Waals surface area (Å²) in [5.74, 6) is 1.67. The van der Waals surface area contributed by atoms with Crippen LogP contribution >= 0.6 is 11.6 Å². The van der Waals surface area contributed by atoms with Crippen molar-refractivity contribution in [1.82, 2.24) is 0 Å². The predicted molar refractivity (Wildman–Crippen MR) is 71.9 cm³/mol. The lowest BCUT2D eigenvalue weighted by atomic mass is 10.2. The summed E-state index contributed by atoms with van der Waals surface area (Å²) < 4.78 is 11.0. The van der Waals surface area contributed by atoms with Gasteiger partial charge in [0, 0.05) is 12.5 Å². The van der Waals surface area contributed by atoms with Crippen molar-refractivity contribution in [2.24, 2.45) is 0 Å². The van der Waals surface area contributed by atoms with Crippen molar-refractivity contribution in [3.8, 4) is 5.75 Å². The molecule has 0 N–H and O–H groups in total. The molecule has 0 bridgehead atoms. The Labute approximate surface area is 109 Å². The van der Waals surface area contributed by atoms with Gasteiger partial charge in [-0.05, 0) is 25.0 Å². The molecule has 0 amide bonds. The zero-order valence-corrected chi connectivity index (χ0v) is 11.0. The average Bonchev–Trinajstić information content (AvgIpc) is 2.38. The van der Waals surface area contributed by atoms with E-state index in [0.717, 1.165) is 31.1 Å². The molecule has 1 aromatic carbocycles. The third-order valence-corrected chi connectivity index (χ3v) is 2.68. The summed E-state index contributed by atoms with van der Waals surface area (Å²) >= 11 is 5.59. The number of hydrogen-bond acceptors (Lipinski definition) is 2. The molecule has 1 rings (SSSR count). The van der Waals surface area contributed by atoms with Crippen LogP contribution in [0.1, 0.15) is 25.7 Å². The fourth-order valence-corrected chi connectivity index (χ4v) is 1.68. The Morgan fingerprint density at radius 3 is 2.35 bits per heavy atom. The zero-order valence-electron chi connectivity index (χ0n) is 10.2. The third-order valence-electron chi connectivity index (χ3n) is 2.41. The van der Waals surface area contributed by atoms with Crippen LogP contribution in [0, 0.1) is 0 Å². The van der Waals surface area contributed by atoms with Gasteiger partial charge in [-0.15, -0.1) is 11.6 Å². The molecule has 0 saturated carbocycles. The molecule has 0 heterocycles.